The topological polar surface area (TPSA) is 17.0 Å². The molecule has 2 heterocycles. The Morgan fingerprint density at radius 3 is 2.78 bits per heavy atom. The van der Waals surface area contributed by atoms with Gasteiger partial charge in [-0.25, -0.2) is 0 Å². The summed E-state index contributed by atoms with van der Waals surface area (Å²) in [5.41, 5.74) is 2.62. The highest BCUT2D eigenvalue weighted by atomic mass is 79.9. The van der Waals surface area contributed by atoms with Gasteiger partial charge in [0.15, 0.2) is 0 Å². The van der Waals surface area contributed by atoms with Crippen LogP contribution in [0.2, 0.25) is 5.02 Å². The van der Waals surface area contributed by atoms with Gasteiger partial charge < -0.3 is 9.88 Å². The summed E-state index contributed by atoms with van der Waals surface area (Å²) in [6.07, 6.45) is 2.41. The van der Waals surface area contributed by atoms with Crippen molar-refractivity contribution in [2.24, 2.45) is 7.05 Å². The number of benzene rings is 1. The van der Waals surface area contributed by atoms with Crippen LogP contribution >= 0.6 is 27.5 Å². The van der Waals surface area contributed by atoms with E-state index in [1.165, 1.54) is 33.9 Å². The third-order valence-corrected chi connectivity index (χ3v) is 4.94. The van der Waals surface area contributed by atoms with Gasteiger partial charge in [-0.05, 0) is 54.0 Å². The van der Waals surface area contributed by atoms with Gasteiger partial charge in [0.2, 0.25) is 0 Å². The quantitative estimate of drug-likeness (QED) is 0.836. The fourth-order valence-corrected chi connectivity index (χ4v) is 4.02. The van der Waals surface area contributed by atoms with Gasteiger partial charge in [0.1, 0.15) is 0 Å². The number of piperidine rings is 1. The third kappa shape index (κ3) is 1.98. The minimum absolute atomic E-state index is 0.636. The summed E-state index contributed by atoms with van der Waals surface area (Å²) in [4.78, 5) is 0. The molecule has 2 nitrogen and oxygen atoms in total. The molecule has 2 aromatic rings. The maximum Gasteiger partial charge on any atom is 0.0506 e. The molecule has 1 aliphatic heterocycles. The number of nitrogens with one attached hydrogen (secondary N) is 1. The zero-order valence-corrected chi connectivity index (χ0v) is 12.7. The molecule has 0 bridgehead atoms. The van der Waals surface area contributed by atoms with Crippen molar-refractivity contribution in [1.29, 1.82) is 0 Å². The Bertz CT molecular complexity index is 585. The highest BCUT2D eigenvalue weighted by Gasteiger charge is 2.23. The summed E-state index contributed by atoms with van der Waals surface area (Å²) < 4.78 is 3.53. The van der Waals surface area contributed by atoms with E-state index in [-0.39, 0.29) is 0 Å². The minimum atomic E-state index is 0.636. The Kier molecular flexibility index (Phi) is 3.39. The van der Waals surface area contributed by atoms with Crippen LogP contribution in [-0.2, 0) is 7.05 Å². The molecule has 0 aliphatic carbocycles. The Labute approximate surface area is 120 Å². The molecule has 0 saturated carbocycles. The molecule has 0 atom stereocenters. The van der Waals surface area contributed by atoms with E-state index in [1.54, 1.807) is 0 Å². The van der Waals surface area contributed by atoms with Crippen LogP contribution in [0.5, 0.6) is 0 Å². The van der Waals surface area contributed by atoms with Crippen molar-refractivity contribution in [3.8, 4) is 0 Å². The van der Waals surface area contributed by atoms with Crippen LogP contribution in [0.4, 0.5) is 0 Å². The van der Waals surface area contributed by atoms with Crippen molar-refractivity contribution in [1.82, 2.24) is 9.88 Å². The number of nitrogens with zero attached hydrogens (tertiary/aromatic N) is 1. The number of halogens is 2. The highest BCUT2D eigenvalue weighted by Crippen LogP contribution is 2.38. The lowest BCUT2D eigenvalue weighted by Gasteiger charge is -2.24. The fraction of sp³-hybridized carbons (Fsp3) is 0.429. The van der Waals surface area contributed by atoms with Crippen molar-refractivity contribution in [2.45, 2.75) is 18.8 Å². The number of aromatic nitrogens is 1. The number of aryl methyl sites for hydroxylation is 1. The van der Waals surface area contributed by atoms with Crippen molar-refractivity contribution in [2.75, 3.05) is 13.1 Å². The van der Waals surface area contributed by atoms with Crippen LogP contribution in [0, 0.1) is 0 Å². The summed E-state index contributed by atoms with van der Waals surface area (Å²) >= 11 is 9.88. The van der Waals surface area contributed by atoms with Crippen LogP contribution in [0.15, 0.2) is 22.7 Å². The van der Waals surface area contributed by atoms with E-state index in [0.717, 1.165) is 18.1 Å². The second-order valence-electron chi connectivity index (χ2n) is 4.94. The van der Waals surface area contributed by atoms with Crippen LogP contribution in [0.25, 0.3) is 10.9 Å². The zero-order valence-electron chi connectivity index (χ0n) is 10.3. The summed E-state index contributed by atoms with van der Waals surface area (Å²) in [6.45, 7) is 2.22. The van der Waals surface area contributed by atoms with Crippen LogP contribution < -0.4 is 5.32 Å². The molecule has 0 radical (unpaired) electrons. The Morgan fingerprint density at radius 1 is 1.33 bits per heavy atom. The number of hydrogen-bond acceptors (Lipinski definition) is 1. The monoisotopic (exact) mass is 326 g/mol. The highest BCUT2D eigenvalue weighted by molar-refractivity contribution is 9.10. The Morgan fingerprint density at radius 2 is 2.06 bits per heavy atom. The molecule has 3 rings (SSSR count). The predicted molar refractivity (Wildman–Crippen MR) is 80.5 cm³/mol. The first-order valence-electron chi connectivity index (χ1n) is 6.32. The van der Waals surface area contributed by atoms with E-state index in [1.807, 2.05) is 12.1 Å². The molecule has 96 valence electrons. The predicted octanol–water partition coefficient (Wildman–Crippen LogP) is 4.06. The molecular formula is C14H16BrClN2. The molecule has 1 aromatic heterocycles. The Balaban J connectivity index is 2.16. The SMILES string of the molecule is Cn1c(C2CCNCC2)c(Br)c2ccc(Cl)cc21. The van der Waals surface area contributed by atoms with Gasteiger partial charge in [-0.2, -0.15) is 0 Å². The van der Waals surface area contributed by atoms with Gasteiger partial charge in [-0.15, -0.1) is 0 Å². The molecule has 0 spiro atoms. The van der Waals surface area contributed by atoms with Gasteiger partial charge in [0, 0.05) is 33.5 Å². The maximum atomic E-state index is 6.10. The third-order valence-electron chi connectivity index (χ3n) is 3.87. The molecule has 1 aliphatic rings. The first kappa shape index (κ1) is 12.5. The molecule has 18 heavy (non-hydrogen) atoms. The lowest BCUT2D eigenvalue weighted by atomic mass is 9.94. The van der Waals surface area contributed by atoms with Crippen LogP contribution in [0.1, 0.15) is 24.5 Å². The Hall–Kier alpha value is -0.510. The molecule has 4 heteroatoms. The normalized spacial score (nSPS) is 17.5. The van der Waals surface area contributed by atoms with Gasteiger partial charge in [0.25, 0.3) is 0 Å². The van der Waals surface area contributed by atoms with Crippen molar-refractivity contribution in [3.63, 3.8) is 0 Å². The van der Waals surface area contributed by atoms with Crippen molar-refractivity contribution < 1.29 is 0 Å². The maximum absolute atomic E-state index is 6.10. The van der Waals surface area contributed by atoms with Gasteiger partial charge in [-0.3, -0.25) is 0 Å². The molecule has 1 N–H and O–H groups in total. The molecule has 1 aromatic carbocycles. The average molecular weight is 328 g/mol. The molecular weight excluding hydrogens is 312 g/mol. The van der Waals surface area contributed by atoms with Crippen LogP contribution in [-0.4, -0.2) is 17.7 Å². The summed E-state index contributed by atoms with van der Waals surface area (Å²) in [6, 6.07) is 6.11. The van der Waals surface area contributed by atoms with Gasteiger partial charge in [0.05, 0.1) is 5.52 Å². The summed E-state index contributed by atoms with van der Waals surface area (Å²) in [7, 11) is 2.14. The van der Waals surface area contributed by atoms with Gasteiger partial charge >= 0.3 is 0 Å². The minimum Gasteiger partial charge on any atom is -0.346 e. The molecule has 1 saturated heterocycles. The van der Waals surface area contributed by atoms with E-state index < -0.39 is 0 Å². The summed E-state index contributed by atoms with van der Waals surface area (Å²) in [5.74, 6) is 0.636. The number of rotatable bonds is 1. The molecule has 1 fully saturated rings. The lowest BCUT2D eigenvalue weighted by molar-refractivity contribution is 0.445. The first-order valence-corrected chi connectivity index (χ1v) is 7.49. The smallest absolute Gasteiger partial charge is 0.0506 e. The summed E-state index contributed by atoms with van der Waals surface area (Å²) in [5, 5.41) is 5.48. The van der Waals surface area contributed by atoms with Crippen molar-refractivity contribution >= 4 is 38.4 Å². The lowest BCUT2D eigenvalue weighted by Crippen LogP contribution is -2.27. The largest absolute Gasteiger partial charge is 0.346 e. The van der Waals surface area contributed by atoms with E-state index in [0.29, 0.717) is 5.92 Å². The second kappa shape index (κ2) is 4.87. The second-order valence-corrected chi connectivity index (χ2v) is 6.17. The van der Waals surface area contributed by atoms with E-state index >= 15 is 0 Å². The van der Waals surface area contributed by atoms with E-state index in [4.69, 9.17) is 11.6 Å². The number of fused-ring (bicyclic) bond motifs is 1. The van der Waals surface area contributed by atoms with E-state index in [2.05, 4.69) is 38.9 Å². The molecule has 0 amide bonds. The average Bonchev–Trinajstić information content (AvgIpc) is 2.63. The zero-order chi connectivity index (χ0) is 12.7. The number of hydrogen-bond donors (Lipinski definition) is 1. The van der Waals surface area contributed by atoms with Crippen molar-refractivity contribution in [3.05, 3.63) is 33.4 Å². The fourth-order valence-electron chi connectivity index (χ4n) is 2.93. The van der Waals surface area contributed by atoms with E-state index in [9.17, 15) is 0 Å². The van der Waals surface area contributed by atoms with Gasteiger partial charge in [-0.1, -0.05) is 17.7 Å². The standard InChI is InChI=1S/C14H16BrClN2/c1-18-12-8-10(16)2-3-11(12)13(15)14(18)9-4-6-17-7-5-9/h2-3,8-9,17H,4-7H2,1H3. The van der Waals surface area contributed by atoms with Crippen LogP contribution in [0.3, 0.4) is 0 Å². The first-order chi connectivity index (χ1) is 8.68. The molecule has 0 unspecified atom stereocenters.